The van der Waals surface area contributed by atoms with Crippen LogP contribution in [-0.4, -0.2) is 6.61 Å². The fourth-order valence-corrected chi connectivity index (χ4v) is 3.01. The summed E-state index contributed by atoms with van der Waals surface area (Å²) >= 11 is 1.97. The molecule has 0 spiro atoms. The molecule has 11 heavy (non-hydrogen) atoms. The van der Waals surface area contributed by atoms with Gasteiger partial charge in [0, 0.05) is 9.75 Å². The Balaban J connectivity index is 2.02. The SMILES string of the molecule is c1c([C@H]2CO2)sc2c1CCC2. The number of ether oxygens (including phenoxy) is 1. The number of thiophene rings is 1. The third kappa shape index (κ3) is 0.932. The van der Waals surface area contributed by atoms with Gasteiger partial charge in [-0.25, -0.2) is 0 Å². The molecule has 1 nitrogen and oxygen atoms in total. The molecule has 2 heteroatoms. The Labute approximate surface area is 70.0 Å². The molecule has 1 aliphatic carbocycles. The van der Waals surface area contributed by atoms with E-state index in [1.165, 1.54) is 24.1 Å². The van der Waals surface area contributed by atoms with Crippen molar-refractivity contribution in [2.45, 2.75) is 25.4 Å². The highest BCUT2D eigenvalue weighted by Crippen LogP contribution is 2.39. The van der Waals surface area contributed by atoms with Gasteiger partial charge < -0.3 is 4.74 Å². The second-order valence-electron chi connectivity index (χ2n) is 3.27. The van der Waals surface area contributed by atoms with Crippen LogP contribution in [0.3, 0.4) is 0 Å². The van der Waals surface area contributed by atoms with E-state index in [1.54, 1.807) is 10.4 Å². The van der Waals surface area contributed by atoms with E-state index in [1.807, 2.05) is 11.3 Å². The first-order valence-corrected chi connectivity index (χ1v) is 4.98. The Morgan fingerprint density at radius 2 is 2.36 bits per heavy atom. The van der Waals surface area contributed by atoms with Gasteiger partial charge in [-0.1, -0.05) is 0 Å². The molecule has 58 valence electrons. The molecule has 0 bridgehead atoms. The average molecular weight is 166 g/mol. The fraction of sp³-hybridized carbons (Fsp3) is 0.556. The topological polar surface area (TPSA) is 12.5 Å². The van der Waals surface area contributed by atoms with Crippen molar-refractivity contribution in [1.29, 1.82) is 0 Å². The summed E-state index contributed by atoms with van der Waals surface area (Å²) < 4.78 is 5.24. The summed E-state index contributed by atoms with van der Waals surface area (Å²) in [6.45, 7) is 0.958. The van der Waals surface area contributed by atoms with Gasteiger partial charge in [0.05, 0.1) is 6.61 Å². The van der Waals surface area contributed by atoms with E-state index in [2.05, 4.69) is 6.07 Å². The molecule has 0 N–H and O–H groups in total. The van der Waals surface area contributed by atoms with Crippen LogP contribution < -0.4 is 0 Å². The van der Waals surface area contributed by atoms with Crippen molar-refractivity contribution in [3.63, 3.8) is 0 Å². The third-order valence-corrected chi connectivity index (χ3v) is 3.75. The smallest absolute Gasteiger partial charge is 0.115 e. The lowest BCUT2D eigenvalue weighted by atomic mass is 10.2. The van der Waals surface area contributed by atoms with Crippen LogP contribution in [-0.2, 0) is 17.6 Å². The summed E-state index contributed by atoms with van der Waals surface area (Å²) in [6.07, 6.45) is 4.46. The highest BCUT2D eigenvalue weighted by molar-refractivity contribution is 7.12. The molecule has 2 heterocycles. The predicted octanol–water partition coefficient (Wildman–Crippen LogP) is 2.31. The number of epoxide rings is 1. The van der Waals surface area contributed by atoms with Gasteiger partial charge in [0.2, 0.25) is 0 Å². The van der Waals surface area contributed by atoms with Crippen LogP contribution >= 0.6 is 11.3 Å². The highest BCUT2D eigenvalue weighted by Gasteiger charge is 2.28. The van der Waals surface area contributed by atoms with E-state index in [0.29, 0.717) is 6.10 Å². The maximum atomic E-state index is 5.24. The van der Waals surface area contributed by atoms with Crippen molar-refractivity contribution >= 4 is 11.3 Å². The zero-order chi connectivity index (χ0) is 7.26. The molecule has 3 rings (SSSR count). The van der Waals surface area contributed by atoms with Crippen molar-refractivity contribution in [3.8, 4) is 0 Å². The molecule has 1 aromatic rings. The van der Waals surface area contributed by atoms with E-state index >= 15 is 0 Å². The number of hydrogen-bond acceptors (Lipinski definition) is 2. The van der Waals surface area contributed by atoms with E-state index in [0.717, 1.165) is 6.61 Å². The fourth-order valence-electron chi connectivity index (χ4n) is 1.72. The first kappa shape index (κ1) is 6.21. The summed E-state index contributed by atoms with van der Waals surface area (Å²) in [7, 11) is 0. The van der Waals surface area contributed by atoms with Gasteiger partial charge in [0.15, 0.2) is 0 Å². The van der Waals surface area contributed by atoms with E-state index in [9.17, 15) is 0 Å². The minimum Gasteiger partial charge on any atom is -0.367 e. The second kappa shape index (κ2) is 2.08. The van der Waals surface area contributed by atoms with Gasteiger partial charge in [0.25, 0.3) is 0 Å². The maximum Gasteiger partial charge on any atom is 0.115 e. The third-order valence-electron chi connectivity index (χ3n) is 2.42. The van der Waals surface area contributed by atoms with Crippen LogP contribution in [0, 0.1) is 0 Å². The molecule has 0 aromatic carbocycles. The van der Waals surface area contributed by atoms with Gasteiger partial charge >= 0.3 is 0 Å². The Bertz CT molecular complexity index is 264. The van der Waals surface area contributed by atoms with Gasteiger partial charge in [-0.2, -0.15) is 0 Å². The van der Waals surface area contributed by atoms with Gasteiger partial charge in [0.1, 0.15) is 6.10 Å². The lowest BCUT2D eigenvalue weighted by Gasteiger charge is -1.86. The lowest BCUT2D eigenvalue weighted by molar-refractivity contribution is 0.418. The van der Waals surface area contributed by atoms with E-state index in [4.69, 9.17) is 4.74 Å². The Morgan fingerprint density at radius 3 is 3.09 bits per heavy atom. The first-order valence-electron chi connectivity index (χ1n) is 4.16. The highest BCUT2D eigenvalue weighted by atomic mass is 32.1. The molecule has 1 aromatic heterocycles. The Morgan fingerprint density at radius 1 is 1.45 bits per heavy atom. The van der Waals surface area contributed by atoms with Crippen LogP contribution in [0.2, 0.25) is 0 Å². The number of fused-ring (bicyclic) bond motifs is 1. The van der Waals surface area contributed by atoms with Crippen molar-refractivity contribution in [2.24, 2.45) is 0 Å². The zero-order valence-corrected chi connectivity index (χ0v) is 7.12. The minimum atomic E-state index is 0.477. The molecule has 1 atom stereocenters. The number of rotatable bonds is 1. The van der Waals surface area contributed by atoms with Crippen molar-refractivity contribution in [1.82, 2.24) is 0 Å². The monoisotopic (exact) mass is 166 g/mol. The summed E-state index contributed by atoms with van der Waals surface area (Å²) in [4.78, 5) is 3.09. The largest absolute Gasteiger partial charge is 0.367 e. The minimum absolute atomic E-state index is 0.477. The number of hydrogen-bond donors (Lipinski definition) is 0. The molecular weight excluding hydrogens is 156 g/mol. The summed E-state index contributed by atoms with van der Waals surface area (Å²) in [5, 5.41) is 0. The molecule has 0 unspecified atom stereocenters. The van der Waals surface area contributed by atoms with Crippen LogP contribution in [0.4, 0.5) is 0 Å². The zero-order valence-electron chi connectivity index (χ0n) is 6.30. The van der Waals surface area contributed by atoms with Crippen LogP contribution in [0.15, 0.2) is 6.07 Å². The van der Waals surface area contributed by atoms with E-state index in [-0.39, 0.29) is 0 Å². The standard InChI is InChI=1S/C9H10OS/c1-2-6-4-9(7-5-10-7)11-8(6)3-1/h4,7H,1-3,5H2/t7-/m1/s1. The summed E-state index contributed by atoms with van der Waals surface area (Å²) in [5.74, 6) is 0. The van der Waals surface area contributed by atoms with Crippen molar-refractivity contribution < 1.29 is 4.74 Å². The molecule has 2 aliphatic rings. The molecular formula is C9H10OS. The average Bonchev–Trinajstić information content (AvgIpc) is 2.60. The van der Waals surface area contributed by atoms with Crippen molar-refractivity contribution in [2.75, 3.05) is 6.61 Å². The molecule has 0 amide bonds. The first-order chi connectivity index (χ1) is 5.43. The molecule has 0 radical (unpaired) electrons. The molecule has 1 saturated heterocycles. The normalized spacial score (nSPS) is 27.1. The Kier molecular flexibility index (Phi) is 1.17. The molecule has 1 fully saturated rings. The number of aryl methyl sites for hydroxylation is 2. The molecule has 0 saturated carbocycles. The van der Waals surface area contributed by atoms with Crippen LogP contribution in [0.5, 0.6) is 0 Å². The van der Waals surface area contributed by atoms with Crippen LogP contribution in [0.1, 0.15) is 27.8 Å². The maximum absolute atomic E-state index is 5.24. The second-order valence-corrected chi connectivity index (χ2v) is 4.44. The predicted molar refractivity (Wildman–Crippen MR) is 45.0 cm³/mol. The lowest BCUT2D eigenvalue weighted by Crippen LogP contribution is -1.73. The van der Waals surface area contributed by atoms with Gasteiger partial charge in [-0.15, -0.1) is 11.3 Å². The van der Waals surface area contributed by atoms with E-state index < -0.39 is 0 Å². The van der Waals surface area contributed by atoms with Gasteiger partial charge in [-0.3, -0.25) is 0 Å². The van der Waals surface area contributed by atoms with Gasteiger partial charge in [-0.05, 0) is 30.9 Å². The van der Waals surface area contributed by atoms with Crippen LogP contribution in [0.25, 0.3) is 0 Å². The summed E-state index contributed by atoms with van der Waals surface area (Å²) in [5.41, 5.74) is 1.60. The Hall–Kier alpha value is -0.340. The summed E-state index contributed by atoms with van der Waals surface area (Å²) in [6, 6.07) is 2.35. The van der Waals surface area contributed by atoms with Crippen molar-refractivity contribution in [3.05, 3.63) is 21.4 Å². The molecule has 1 aliphatic heterocycles. The quantitative estimate of drug-likeness (QED) is 0.583.